The molecule has 0 amide bonds. The van der Waals surface area contributed by atoms with Crippen LogP contribution in [0.25, 0.3) is 87.7 Å². The second-order valence-corrected chi connectivity index (χ2v) is 14.5. The molecular formula is C50H36N4S. The first-order valence-electron chi connectivity index (χ1n) is 18.2. The summed E-state index contributed by atoms with van der Waals surface area (Å²) in [6, 6.07) is 62.9. The lowest BCUT2D eigenvalue weighted by Crippen LogP contribution is -1.98. The molecule has 0 bridgehead atoms. The third kappa shape index (κ3) is 6.81. The summed E-state index contributed by atoms with van der Waals surface area (Å²) in [6.45, 7) is 0. The number of nitrogens with two attached hydrogens (primary N) is 2. The minimum atomic E-state index is 0.650. The molecule has 0 aliphatic carbocycles. The van der Waals surface area contributed by atoms with Gasteiger partial charge in [-0.05, 0) is 52.1 Å². The van der Waals surface area contributed by atoms with Crippen LogP contribution in [0.5, 0.6) is 0 Å². The minimum absolute atomic E-state index is 0.650. The summed E-state index contributed by atoms with van der Waals surface area (Å²) in [5.74, 6) is 0.702. The van der Waals surface area contributed by atoms with E-state index in [1.807, 2.05) is 90.2 Å². The summed E-state index contributed by atoms with van der Waals surface area (Å²) in [5.41, 5.74) is 25.6. The molecule has 0 saturated heterocycles. The van der Waals surface area contributed by atoms with Gasteiger partial charge < -0.3 is 11.5 Å². The van der Waals surface area contributed by atoms with Crippen LogP contribution < -0.4 is 11.5 Å². The number of hydrogen-bond donors (Lipinski definition) is 2. The molecule has 9 aromatic rings. The molecule has 7 aromatic carbocycles. The Morgan fingerprint density at radius 3 is 1.60 bits per heavy atom. The van der Waals surface area contributed by atoms with Gasteiger partial charge >= 0.3 is 0 Å². The quantitative estimate of drug-likeness (QED) is 0.153. The van der Waals surface area contributed by atoms with Crippen molar-refractivity contribution in [2.24, 2.45) is 11.5 Å². The Labute approximate surface area is 324 Å². The van der Waals surface area contributed by atoms with E-state index in [2.05, 4.69) is 115 Å². The van der Waals surface area contributed by atoms with Gasteiger partial charge in [0.25, 0.3) is 0 Å². The van der Waals surface area contributed by atoms with Gasteiger partial charge in [-0.15, -0.1) is 11.3 Å². The van der Waals surface area contributed by atoms with Crippen molar-refractivity contribution < 1.29 is 0 Å². The molecule has 4 N–H and O–H groups in total. The number of rotatable bonds is 8. The molecule has 262 valence electrons. The lowest BCUT2D eigenvalue weighted by atomic mass is 9.91. The largest absolute Gasteiger partial charge is 0.398 e. The zero-order valence-corrected chi connectivity index (χ0v) is 30.7. The molecular weight excluding hydrogens is 689 g/mol. The summed E-state index contributed by atoms with van der Waals surface area (Å²) < 4.78 is 2.53. The van der Waals surface area contributed by atoms with Crippen molar-refractivity contribution >= 4 is 42.9 Å². The van der Waals surface area contributed by atoms with Crippen LogP contribution in [0.15, 0.2) is 194 Å². The van der Waals surface area contributed by atoms with Gasteiger partial charge in [0.2, 0.25) is 0 Å². The van der Waals surface area contributed by atoms with Gasteiger partial charge in [0.05, 0.1) is 11.4 Å². The molecule has 2 aromatic heterocycles. The molecule has 0 spiro atoms. The van der Waals surface area contributed by atoms with E-state index in [1.165, 1.54) is 25.7 Å². The molecule has 0 saturated carbocycles. The van der Waals surface area contributed by atoms with Gasteiger partial charge in [-0.1, -0.05) is 170 Å². The highest BCUT2D eigenvalue weighted by Gasteiger charge is 2.17. The summed E-state index contributed by atoms with van der Waals surface area (Å²) in [4.78, 5) is 10.0. The third-order valence-corrected chi connectivity index (χ3v) is 11.1. The first-order chi connectivity index (χ1) is 27.1. The highest BCUT2D eigenvalue weighted by molar-refractivity contribution is 7.26. The summed E-state index contributed by atoms with van der Waals surface area (Å²) in [6.07, 6.45) is 3.74. The highest BCUT2D eigenvalue weighted by Crippen LogP contribution is 2.45. The predicted octanol–water partition coefficient (Wildman–Crippen LogP) is 12.5. The second-order valence-electron chi connectivity index (χ2n) is 13.4. The zero-order valence-electron chi connectivity index (χ0n) is 29.9. The van der Waals surface area contributed by atoms with Gasteiger partial charge in [0, 0.05) is 53.8 Å². The fourth-order valence-corrected chi connectivity index (χ4v) is 8.31. The van der Waals surface area contributed by atoms with Gasteiger partial charge in [-0.3, -0.25) is 0 Å². The molecule has 2 heterocycles. The number of thiophene rings is 1. The summed E-state index contributed by atoms with van der Waals surface area (Å²) in [5, 5.41) is 2.52. The van der Waals surface area contributed by atoms with Gasteiger partial charge in [0.15, 0.2) is 5.82 Å². The normalized spacial score (nSPS) is 12.0. The molecule has 4 nitrogen and oxygen atoms in total. The molecule has 5 heteroatoms. The van der Waals surface area contributed by atoms with Crippen molar-refractivity contribution in [2.75, 3.05) is 0 Å². The smallest absolute Gasteiger partial charge is 0.160 e. The van der Waals surface area contributed by atoms with Crippen molar-refractivity contribution in [1.29, 1.82) is 0 Å². The van der Waals surface area contributed by atoms with Crippen LogP contribution in [-0.4, -0.2) is 9.97 Å². The van der Waals surface area contributed by atoms with Crippen molar-refractivity contribution in [3.8, 4) is 56.2 Å². The molecule has 0 aliphatic rings. The van der Waals surface area contributed by atoms with Crippen LogP contribution in [0.1, 0.15) is 11.1 Å². The zero-order chi connectivity index (χ0) is 37.1. The van der Waals surface area contributed by atoms with E-state index in [-0.39, 0.29) is 0 Å². The Hall–Kier alpha value is -7.08. The van der Waals surface area contributed by atoms with E-state index >= 15 is 0 Å². The number of allylic oxidation sites excluding steroid dienone is 2. The van der Waals surface area contributed by atoms with Gasteiger partial charge in [-0.2, -0.15) is 0 Å². The standard InChI is InChI=1S/C50H36N4S/c51-43(34-12-4-1-5-13-34)30-31-44(52)35-22-26-38(27-23-35)48-40(28-29-42-41-18-10-11-19-47(41)55-49(42)48)33-20-24-37(25-21-33)46-32-45(36-14-6-2-7-15-36)53-50(54-46)39-16-8-3-9-17-39/h1-32H,51-52H2/b43-30-,44-31-. The van der Waals surface area contributed by atoms with Crippen molar-refractivity contribution in [3.05, 3.63) is 205 Å². The molecule has 55 heavy (non-hydrogen) atoms. The SMILES string of the molecule is N/C(=C\C=C(/N)c1ccc(-c2c(-c3ccc(-c4cc(-c5ccccc5)nc(-c5ccccc5)n4)cc3)ccc3c2sc2ccccc23)cc1)c1ccccc1. The Balaban J connectivity index is 1.11. The molecule has 0 fully saturated rings. The van der Waals surface area contributed by atoms with Crippen LogP contribution >= 0.6 is 11.3 Å². The lowest BCUT2D eigenvalue weighted by Gasteiger charge is -2.14. The number of fused-ring (bicyclic) bond motifs is 3. The monoisotopic (exact) mass is 724 g/mol. The Morgan fingerprint density at radius 2 is 0.945 bits per heavy atom. The average Bonchev–Trinajstić information content (AvgIpc) is 3.65. The van der Waals surface area contributed by atoms with Crippen LogP contribution in [-0.2, 0) is 0 Å². The fourth-order valence-electron chi connectivity index (χ4n) is 7.04. The van der Waals surface area contributed by atoms with Crippen molar-refractivity contribution in [3.63, 3.8) is 0 Å². The molecule has 0 atom stereocenters. The van der Waals surface area contributed by atoms with Crippen LogP contribution in [0.4, 0.5) is 0 Å². The third-order valence-electron chi connectivity index (χ3n) is 9.92. The van der Waals surface area contributed by atoms with E-state index in [9.17, 15) is 0 Å². The maximum Gasteiger partial charge on any atom is 0.160 e. The second kappa shape index (κ2) is 14.7. The Morgan fingerprint density at radius 1 is 0.436 bits per heavy atom. The summed E-state index contributed by atoms with van der Waals surface area (Å²) >= 11 is 1.84. The number of benzene rings is 7. The van der Waals surface area contributed by atoms with Gasteiger partial charge in [0.1, 0.15) is 0 Å². The Kier molecular flexibility index (Phi) is 9.04. The van der Waals surface area contributed by atoms with E-state index in [4.69, 9.17) is 21.4 Å². The highest BCUT2D eigenvalue weighted by atomic mass is 32.1. The van der Waals surface area contributed by atoms with Crippen LogP contribution in [0.3, 0.4) is 0 Å². The molecule has 9 rings (SSSR count). The topological polar surface area (TPSA) is 77.8 Å². The number of nitrogens with zero attached hydrogens (tertiary/aromatic N) is 2. The predicted molar refractivity (Wildman–Crippen MR) is 233 cm³/mol. The maximum atomic E-state index is 6.57. The fraction of sp³-hybridized carbons (Fsp3) is 0. The lowest BCUT2D eigenvalue weighted by molar-refractivity contribution is 1.18. The first-order valence-corrected chi connectivity index (χ1v) is 19.0. The summed E-state index contributed by atoms with van der Waals surface area (Å²) in [7, 11) is 0. The van der Waals surface area contributed by atoms with Gasteiger partial charge in [-0.25, -0.2) is 9.97 Å². The van der Waals surface area contributed by atoms with E-state index < -0.39 is 0 Å². The Bertz CT molecular complexity index is 2780. The van der Waals surface area contributed by atoms with E-state index in [0.717, 1.165) is 55.9 Å². The van der Waals surface area contributed by atoms with E-state index in [1.54, 1.807) is 0 Å². The molecule has 0 unspecified atom stereocenters. The van der Waals surface area contributed by atoms with E-state index in [0.29, 0.717) is 17.2 Å². The maximum absolute atomic E-state index is 6.57. The average molecular weight is 725 g/mol. The number of aromatic nitrogens is 2. The van der Waals surface area contributed by atoms with Crippen LogP contribution in [0.2, 0.25) is 0 Å². The van der Waals surface area contributed by atoms with Crippen molar-refractivity contribution in [2.45, 2.75) is 0 Å². The molecule has 0 radical (unpaired) electrons. The number of hydrogen-bond acceptors (Lipinski definition) is 5. The van der Waals surface area contributed by atoms with Crippen molar-refractivity contribution in [1.82, 2.24) is 9.97 Å². The van der Waals surface area contributed by atoms with Crippen LogP contribution in [0, 0.1) is 0 Å². The molecule has 0 aliphatic heterocycles. The minimum Gasteiger partial charge on any atom is -0.398 e. The first kappa shape index (κ1) is 33.7.